The smallest absolute Gasteiger partial charge is 0.0135 e. The molecule has 0 rings (SSSR count). The van der Waals surface area contributed by atoms with Crippen molar-refractivity contribution in [1.82, 2.24) is 0 Å². The minimum atomic E-state index is 0.417. The second-order valence-corrected chi connectivity index (χ2v) is 2.12. The van der Waals surface area contributed by atoms with Crippen molar-refractivity contribution in [2.75, 3.05) is 0 Å². The van der Waals surface area contributed by atoms with Crippen LogP contribution in [-0.4, -0.2) is 9.52 Å². The zero-order valence-electron chi connectivity index (χ0n) is 6.95. The van der Waals surface area contributed by atoms with Crippen molar-refractivity contribution in [2.45, 2.75) is 13.1 Å². The molecule has 0 spiro atoms. The van der Waals surface area contributed by atoms with Crippen LogP contribution < -0.4 is 0 Å². The van der Waals surface area contributed by atoms with Crippen LogP contribution in [0, 0.1) is 0 Å². The molecule has 0 aromatic rings. The first-order valence-corrected chi connectivity index (χ1v) is 5.74. The Hall–Kier alpha value is -0.563. The summed E-state index contributed by atoms with van der Waals surface area (Å²) in [7, 11) is 0.417. The monoisotopic (exact) mass is 144 g/mol. The third-order valence-corrected chi connectivity index (χ3v) is 0. The minimum absolute atomic E-state index is 0.417. The first-order valence-electron chi connectivity index (χ1n) is 2.91. The summed E-state index contributed by atoms with van der Waals surface area (Å²) in [4.78, 5) is 0. The third kappa shape index (κ3) is 693. The molecule has 0 saturated heterocycles. The van der Waals surface area contributed by atoms with Crippen LogP contribution in [0.25, 0.3) is 0 Å². The van der Waals surface area contributed by atoms with E-state index in [1.165, 1.54) is 0 Å². The highest BCUT2D eigenvalue weighted by Crippen LogP contribution is 1.36. The van der Waals surface area contributed by atoms with Crippen molar-refractivity contribution in [3.63, 3.8) is 0 Å². The Morgan fingerprint density at radius 2 is 0.667 bits per heavy atom. The number of hydrogen-bond acceptors (Lipinski definition) is 0. The molecule has 1 heteroatoms. The molecule has 0 unspecified atom stereocenters. The van der Waals surface area contributed by atoms with Crippen LogP contribution in [0.3, 0.4) is 0 Å². The van der Waals surface area contributed by atoms with Gasteiger partial charge in [0.05, 0.1) is 0 Å². The van der Waals surface area contributed by atoms with E-state index in [1.54, 1.807) is 0 Å². The van der Waals surface area contributed by atoms with E-state index >= 15 is 0 Å². The molecule has 0 amide bonds. The molecule has 0 bridgehead atoms. The van der Waals surface area contributed by atoms with Crippen molar-refractivity contribution in [3.8, 4) is 0 Å². The number of hydrogen-bond donors (Lipinski definition) is 0. The normalized spacial score (nSPS) is 3.33. The van der Waals surface area contributed by atoms with E-state index in [4.69, 9.17) is 0 Å². The van der Waals surface area contributed by atoms with Gasteiger partial charge in [-0.15, -0.1) is 39.5 Å². The predicted octanol–water partition coefficient (Wildman–Crippen LogP) is 2.66. The lowest BCUT2D eigenvalue weighted by atomic mass is 11.3. The lowest BCUT2D eigenvalue weighted by Crippen LogP contribution is -1.53. The lowest BCUT2D eigenvalue weighted by Gasteiger charge is -1.45. The third-order valence-electron chi connectivity index (χ3n) is 0. The molecule has 9 heavy (non-hydrogen) atoms. The Morgan fingerprint density at radius 3 is 0.667 bits per heavy atom. The fraction of sp³-hybridized carbons (Fsp3) is 0.250. The van der Waals surface area contributed by atoms with E-state index in [9.17, 15) is 0 Å². The fourth-order valence-electron chi connectivity index (χ4n) is 0. The van der Waals surface area contributed by atoms with E-state index in [2.05, 4.69) is 52.6 Å². The topological polar surface area (TPSA) is 0 Å². The molecule has 0 nitrogen and oxygen atoms in total. The van der Waals surface area contributed by atoms with Gasteiger partial charge in [0, 0.05) is 9.52 Å². The van der Waals surface area contributed by atoms with Gasteiger partial charge in [-0.3, -0.25) is 0 Å². The maximum atomic E-state index is 3.00. The lowest BCUT2D eigenvalue weighted by molar-refractivity contribution is 2.14. The summed E-state index contributed by atoms with van der Waals surface area (Å²) in [5.74, 6) is 0. The molecule has 0 aromatic heterocycles. The zero-order chi connectivity index (χ0) is 8.71. The van der Waals surface area contributed by atoms with Gasteiger partial charge in [-0.05, 0) is 0 Å². The average molecular weight is 144 g/mol. The molecule has 0 atom stereocenters. The summed E-state index contributed by atoms with van der Waals surface area (Å²) >= 11 is 0. The van der Waals surface area contributed by atoms with Gasteiger partial charge >= 0.3 is 0 Å². The van der Waals surface area contributed by atoms with Crippen LogP contribution in [0.15, 0.2) is 39.5 Å². The van der Waals surface area contributed by atoms with Gasteiger partial charge in [0.1, 0.15) is 0 Å². The molecular weight excluding hydrogens is 124 g/mol. The van der Waals surface area contributed by atoms with Crippen LogP contribution in [0.4, 0.5) is 0 Å². The SMILES string of the molecule is C=C.C=C.C=C.C[SiH2]C. The van der Waals surface area contributed by atoms with Crippen molar-refractivity contribution < 1.29 is 0 Å². The highest BCUT2D eigenvalue weighted by Gasteiger charge is 1.38. The van der Waals surface area contributed by atoms with Crippen molar-refractivity contribution in [1.29, 1.82) is 0 Å². The minimum Gasteiger partial charge on any atom is -0.106 e. The van der Waals surface area contributed by atoms with Gasteiger partial charge in [0.2, 0.25) is 0 Å². The summed E-state index contributed by atoms with van der Waals surface area (Å²) in [6, 6.07) is 0. The Labute approximate surface area is 62.8 Å². The second kappa shape index (κ2) is 1610. The summed E-state index contributed by atoms with van der Waals surface area (Å²) in [5, 5.41) is 0. The van der Waals surface area contributed by atoms with Crippen LogP contribution in [0.2, 0.25) is 13.1 Å². The molecule has 0 heterocycles. The Bertz CT molecular complexity index is 15.8. The average Bonchev–Trinajstić information content (AvgIpc) is 2.01. The first-order chi connectivity index (χ1) is 4.41. The van der Waals surface area contributed by atoms with Crippen LogP contribution >= 0.6 is 0 Å². The van der Waals surface area contributed by atoms with E-state index < -0.39 is 0 Å². The standard InChI is InChI=1S/C2H8Si.3C2H4/c1-3-2;3*1-2/h3H2,1-2H3;3*1-2H2. The molecule has 0 fully saturated rings. The molecule has 0 saturated carbocycles. The molecule has 56 valence electrons. The first kappa shape index (κ1) is 23.7. The molecule has 0 aliphatic heterocycles. The fourth-order valence-corrected chi connectivity index (χ4v) is 0. The van der Waals surface area contributed by atoms with E-state index in [0.29, 0.717) is 9.52 Å². The molecule has 0 radical (unpaired) electrons. The summed E-state index contributed by atoms with van der Waals surface area (Å²) < 4.78 is 0. The summed E-state index contributed by atoms with van der Waals surface area (Å²) in [5.41, 5.74) is 0. The second-order valence-electron chi connectivity index (χ2n) is 0.707. The van der Waals surface area contributed by atoms with E-state index in [1.807, 2.05) is 0 Å². The van der Waals surface area contributed by atoms with Crippen molar-refractivity contribution in [3.05, 3.63) is 39.5 Å². The zero-order valence-corrected chi connectivity index (χ0v) is 8.36. The number of rotatable bonds is 0. The largest absolute Gasteiger partial charge is 0.106 e. The molecule has 0 aliphatic rings. The Morgan fingerprint density at radius 1 is 0.667 bits per heavy atom. The highest BCUT2D eigenvalue weighted by molar-refractivity contribution is 6.31. The van der Waals surface area contributed by atoms with Gasteiger partial charge in [0.15, 0.2) is 0 Å². The maximum Gasteiger partial charge on any atom is 0.0135 e. The Balaban J connectivity index is -0.0000000190. The highest BCUT2D eigenvalue weighted by atomic mass is 28.2. The molecule has 0 aliphatic carbocycles. The van der Waals surface area contributed by atoms with E-state index in [0.717, 1.165) is 0 Å². The van der Waals surface area contributed by atoms with Crippen molar-refractivity contribution in [2.24, 2.45) is 0 Å². The molecule has 0 aromatic carbocycles. The summed E-state index contributed by atoms with van der Waals surface area (Å²) in [6.45, 7) is 22.5. The van der Waals surface area contributed by atoms with Gasteiger partial charge in [-0.25, -0.2) is 0 Å². The van der Waals surface area contributed by atoms with Crippen LogP contribution in [-0.2, 0) is 0 Å². The van der Waals surface area contributed by atoms with Gasteiger partial charge in [-0.1, -0.05) is 13.1 Å². The Kier molecular flexibility index (Phi) is 4250. The maximum absolute atomic E-state index is 3.00. The van der Waals surface area contributed by atoms with Gasteiger partial charge < -0.3 is 0 Å². The van der Waals surface area contributed by atoms with Gasteiger partial charge in [0.25, 0.3) is 0 Å². The quantitative estimate of drug-likeness (QED) is 0.362. The van der Waals surface area contributed by atoms with Gasteiger partial charge in [-0.2, -0.15) is 0 Å². The predicted molar refractivity (Wildman–Crippen MR) is 54.0 cm³/mol. The molecule has 0 N–H and O–H groups in total. The summed E-state index contributed by atoms with van der Waals surface area (Å²) in [6.07, 6.45) is 0. The van der Waals surface area contributed by atoms with E-state index in [-0.39, 0.29) is 0 Å². The van der Waals surface area contributed by atoms with Crippen LogP contribution in [0.5, 0.6) is 0 Å². The van der Waals surface area contributed by atoms with Crippen LogP contribution in [0.1, 0.15) is 0 Å². The molecular formula is C8H20Si. The van der Waals surface area contributed by atoms with Crippen molar-refractivity contribution >= 4 is 9.52 Å².